The Morgan fingerprint density at radius 3 is 1.88 bits per heavy atom. The van der Waals surface area contributed by atoms with Crippen molar-refractivity contribution in [1.82, 2.24) is 14.9 Å². The van der Waals surface area contributed by atoms with Crippen LogP contribution in [-0.4, -0.2) is 150 Å². The van der Waals surface area contributed by atoms with Crippen LogP contribution in [-0.2, 0) is 0 Å². The minimum atomic E-state index is -4.69. The van der Waals surface area contributed by atoms with Crippen LogP contribution in [0.25, 0.3) is 10.9 Å². The van der Waals surface area contributed by atoms with Gasteiger partial charge in [0.05, 0.1) is 5.39 Å². The number of fused-ring (bicyclic) bond motifs is 1. The number of rotatable bonds is 7. The first-order valence-corrected chi connectivity index (χ1v) is 13.0. The molecule has 19 N–H and O–H groups in total. The molecule has 0 bridgehead atoms. The van der Waals surface area contributed by atoms with Crippen molar-refractivity contribution < 1.29 is 101 Å². The molecule has 0 aliphatic carbocycles. The lowest BCUT2D eigenvalue weighted by Gasteiger charge is -2.61. The lowest BCUT2D eigenvalue weighted by Crippen LogP contribution is -2.93. The molecule has 0 spiro atoms. The van der Waals surface area contributed by atoms with Crippen molar-refractivity contribution in [3.63, 3.8) is 0 Å². The van der Waals surface area contributed by atoms with Crippen molar-refractivity contribution in [2.24, 2.45) is 0 Å². The number of ether oxygens (including phenoxy) is 2. The number of anilines is 2. The fraction of sp³-hybridized carbons (Fsp3) is 0.364. The number of hydrogen-bond donors (Lipinski definition) is 19. The molecule has 0 atom stereocenters. The summed E-state index contributed by atoms with van der Waals surface area (Å²) < 4.78 is 23.3. The Morgan fingerprint density at radius 1 is 0.854 bits per heavy atom. The first-order valence-electron chi connectivity index (χ1n) is 12.2. The van der Waals surface area contributed by atoms with E-state index in [2.05, 4.69) is 25.7 Å². The van der Waals surface area contributed by atoms with Crippen LogP contribution in [0.1, 0.15) is 0 Å². The molecule has 2 heterocycles. The minimum Gasteiger partial charge on any atom is -0.504 e. The number of phenolic OH excluding ortho intramolecular Hbond substituents is 5. The average Bonchev–Trinajstić information content (AvgIpc) is 2.97. The van der Waals surface area contributed by atoms with Crippen molar-refractivity contribution in [1.29, 1.82) is 0 Å². The van der Waals surface area contributed by atoms with Gasteiger partial charge in [-0.2, -0.15) is 9.88 Å². The summed E-state index contributed by atoms with van der Waals surface area (Å²) in [7, 11) is 0.282. The number of halogens is 2. The maximum Gasteiger partial charge on any atom is 0.453 e. The number of aliphatic hydroxyl groups is 12. The summed E-state index contributed by atoms with van der Waals surface area (Å²) in [5.74, 6) is -31.5. The van der Waals surface area contributed by atoms with Crippen LogP contribution < -0.4 is 20.5 Å². The van der Waals surface area contributed by atoms with E-state index in [4.69, 9.17) is 4.74 Å². The highest BCUT2D eigenvalue weighted by atomic mass is 79.9. The van der Waals surface area contributed by atoms with E-state index in [1.807, 2.05) is 5.32 Å². The van der Waals surface area contributed by atoms with Gasteiger partial charge in [-0.3, -0.25) is 0 Å². The number of likely N-dealkylation sites (N-methyl/N-ethyl adjacent to an activating group) is 1. The van der Waals surface area contributed by atoms with Gasteiger partial charge in [-0.25, -0.2) is 9.18 Å². The normalized spacial score (nSPS) is 19.6. The van der Waals surface area contributed by atoms with E-state index in [1.165, 1.54) is 0 Å². The standard InChI is InChI=1S/C22H24BrFN4O20/c1-28-20(40,41)18(36,37)17(35,19(38,39)21(28,42)43)2-47-13-12(33)6-3(8(29)14(13)48-22(44,45)46)15(27-16(34)26-6)25-7-5(24)9(30)4(23)10(31)11(7)32/h29-33,35-46H,2H2,1H3,(H2,25,26,27,34). The number of aromatic nitrogens is 2. The first-order chi connectivity index (χ1) is 21.6. The largest absolute Gasteiger partial charge is 0.504 e. The summed E-state index contributed by atoms with van der Waals surface area (Å²) >= 11 is 2.58. The van der Waals surface area contributed by atoms with E-state index in [9.17, 15) is 96.0 Å². The Hall–Kier alpha value is -4.13. The van der Waals surface area contributed by atoms with Crippen LogP contribution in [0.2, 0.25) is 0 Å². The molecule has 0 radical (unpaired) electrons. The molecule has 1 aliphatic rings. The molecule has 3 aromatic rings. The average molecular weight is 763 g/mol. The van der Waals surface area contributed by atoms with Gasteiger partial charge in [-0.1, -0.05) is 0 Å². The number of piperidine rings is 1. The Kier molecular flexibility index (Phi) is 8.37. The number of hydrogen-bond acceptors (Lipinski definition) is 23. The van der Waals surface area contributed by atoms with E-state index in [1.54, 1.807) is 4.98 Å². The highest BCUT2D eigenvalue weighted by Gasteiger charge is 2.84. The number of benzene rings is 2. The summed E-state index contributed by atoms with van der Waals surface area (Å²) in [4.78, 5) is 16.9. The predicted octanol–water partition coefficient (Wildman–Crippen LogP) is -6.24. The zero-order chi connectivity index (χ0) is 36.9. The van der Waals surface area contributed by atoms with Gasteiger partial charge in [-0.05, 0) is 23.0 Å². The molecule has 266 valence electrons. The lowest BCUT2D eigenvalue weighted by molar-refractivity contribution is -0.592. The molecule has 1 aromatic heterocycles. The summed E-state index contributed by atoms with van der Waals surface area (Å²) in [5, 5.41) is 175. The van der Waals surface area contributed by atoms with Crippen LogP contribution in [0.15, 0.2) is 9.27 Å². The van der Waals surface area contributed by atoms with E-state index in [0.717, 1.165) is 0 Å². The number of nitrogens with zero attached hydrogens (tertiary/aromatic N) is 2. The van der Waals surface area contributed by atoms with Crippen molar-refractivity contribution in [2.75, 3.05) is 19.0 Å². The van der Waals surface area contributed by atoms with Crippen LogP contribution in [0.4, 0.5) is 15.9 Å². The molecule has 0 saturated carbocycles. The van der Waals surface area contributed by atoms with E-state index >= 15 is 0 Å². The van der Waals surface area contributed by atoms with E-state index < -0.39 is 125 Å². The monoisotopic (exact) mass is 762 g/mol. The molecule has 2 aromatic carbocycles. The molecule has 1 fully saturated rings. The predicted molar refractivity (Wildman–Crippen MR) is 145 cm³/mol. The van der Waals surface area contributed by atoms with Gasteiger partial charge in [0.2, 0.25) is 17.1 Å². The number of aromatic amines is 1. The molecule has 1 aliphatic heterocycles. The lowest BCUT2D eigenvalue weighted by atomic mass is 9.75. The second-order valence-corrected chi connectivity index (χ2v) is 11.0. The second-order valence-electron chi connectivity index (χ2n) is 10.2. The van der Waals surface area contributed by atoms with Crippen LogP contribution in [0.5, 0.6) is 40.2 Å². The zero-order valence-electron chi connectivity index (χ0n) is 23.2. The summed E-state index contributed by atoms with van der Waals surface area (Å²) in [6.07, 6.45) is -4.36. The van der Waals surface area contributed by atoms with Gasteiger partial charge in [0.1, 0.15) is 28.1 Å². The molecule has 24 nitrogen and oxygen atoms in total. The third-order valence-corrected chi connectivity index (χ3v) is 8.03. The molecule has 4 rings (SSSR count). The molecule has 1 saturated heterocycles. The Bertz CT molecular complexity index is 1820. The zero-order valence-corrected chi connectivity index (χ0v) is 24.8. The summed E-state index contributed by atoms with van der Waals surface area (Å²) in [6, 6.07) is 0. The third kappa shape index (κ3) is 4.95. The van der Waals surface area contributed by atoms with Gasteiger partial charge in [-0.15, -0.1) is 0 Å². The van der Waals surface area contributed by atoms with Crippen LogP contribution >= 0.6 is 15.9 Å². The van der Waals surface area contributed by atoms with E-state index in [-0.39, 0.29) is 7.05 Å². The third-order valence-electron chi connectivity index (χ3n) is 7.28. The van der Waals surface area contributed by atoms with Gasteiger partial charge >= 0.3 is 11.8 Å². The molecule has 26 heteroatoms. The molecular weight excluding hydrogens is 739 g/mol. The second kappa shape index (κ2) is 10.9. The molecule has 0 unspecified atom stereocenters. The Balaban J connectivity index is 1.99. The van der Waals surface area contributed by atoms with Crippen molar-refractivity contribution in [2.45, 2.75) is 35.2 Å². The fourth-order valence-electron chi connectivity index (χ4n) is 4.53. The quantitative estimate of drug-likeness (QED) is 0.0604. The Morgan fingerprint density at radius 2 is 1.38 bits per heavy atom. The topological polar surface area (TPSA) is 423 Å². The van der Waals surface area contributed by atoms with Crippen LogP contribution in [0, 0.1) is 5.82 Å². The summed E-state index contributed by atoms with van der Waals surface area (Å²) in [6.45, 7) is -2.27. The first kappa shape index (κ1) is 36.7. The number of phenols is 5. The maximum absolute atomic E-state index is 14.8. The smallest absolute Gasteiger partial charge is 0.453 e. The van der Waals surface area contributed by atoms with Gasteiger partial charge < -0.3 is 107 Å². The Labute approximate surface area is 269 Å². The highest BCUT2D eigenvalue weighted by Crippen LogP contribution is 2.55. The van der Waals surface area contributed by atoms with Crippen LogP contribution in [0.3, 0.4) is 0 Å². The van der Waals surface area contributed by atoms with Gasteiger partial charge in [0.15, 0.2) is 34.6 Å². The van der Waals surface area contributed by atoms with Crippen molar-refractivity contribution in [3.8, 4) is 40.2 Å². The fourth-order valence-corrected chi connectivity index (χ4v) is 4.89. The van der Waals surface area contributed by atoms with Gasteiger partial charge in [0, 0.05) is 0 Å². The maximum atomic E-state index is 14.8. The highest BCUT2D eigenvalue weighted by molar-refractivity contribution is 9.10. The summed E-state index contributed by atoms with van der Waals surface area (Å²) in [5.41, 5.74) is -8.39. The molecular formula is C22H24BrFN4O20. The minimum absolute atomic E-state index is 0.282. The number of H-pyrrole nitrogens is 1. The number of nitrogens with one attached hydrogen (secondary N) is 2. The van der Waals surface area contributed by atoms with Crippen molar-refractivity contribution >= 4 is 38.3 Å². The SMILES string of the molecule is CN1C(O)(O)C(O)(O)C(O)(COc2c(OC(O)(O)O)c(O)c3c(Nc4c(O)c(O)c(Br)c(O)c4F)nc(=O)[nH]c3c2O)C(O)(O)C1(O)O. The molecule has 0 amide bonds. The van der Waals surface area contributed by atoms with E-state index in [0.29, 0.717) is 0 Å². The van der Waals surface area contributed by atoms with Gasteiger partial charge in [0.25, 0.3) is 23.4 Å². The molecule has 48 heavy (non-hydrogen) atoms. The number of aromatic hydroxyl groups is 5. The number of likely N-dealkylation sites (tertiary alicyclic amines) is 1. The van der Waals surface area contributed by atoms with Crippen molar-refractivity contribution in [3.05, 3.63) is 20.8 Å².